The summed E-state index contributed by atoms with van der Waals surface area (Å²) in [6.45, 7) is 3.54. The predicted octanol–water partition coefficient (Wildman–Crippen LogP) is 4.01. The molecule has 0 aliphatic heterocycles. The number of benzene rings is 2. The summed E-state index contributed by atoms with van der Waals surface area (Å²) in [6.07, 6.45) is 4.61. The van der Waals surface area contributed by atoms with Crippen LogP contribution in [-0.4, -0.2) is 21.1 Å². The summed E-state index contributed by atoms with van der Waals surface area (Å²) in [5.74, 6) is -0.937. The van der Waals surface area contributed by atoms with E-state index in [-0.39, 0.29) is 5.82 Å². The van der Waals surface area contributed by atoms with Gasteiger partial charge in [-0.3, -0.25) is 15.0 Å². The fourth-order valence-electron chi connectivity index (χ4n) is 4.01. The van der Waals surface area contributed by atoms with E-state index >= 15 is 0 Å². The predicted molar refractivity (Wildman–Crippen MR) is 104 cm³/mol. The van der Waals surface area contributed by atoms with Crippen LogP contribution in [0.2, 0.25) is 0 Å². The van der Waals surface area contributed by atoms with Crippen molar-refractivity contribution in [2.24, 2.45) is 0 Å². The van der Waals surface area contributed by atoms with Gasteiger partial charge in [-0.1, -0.05) is 24.3 Å². The molecule has 0 radical (unpaired) electrons. The van der Waals surface area contributed by atoms with Gasteiger partial charge in [-0.2, -0.15) is 0 Å². The number of aryl methyl sites for hydroxylation is 1. The van der Waals surface area contributed by atoms with E-state index in [4.69, 9.17) is 0 Å². The lowest BCUT2D eigenvalue weighted by molar-refractivity contribution is -0.133. The zero-order valence-electron chi connectivity index (χ0n) is 15.7. The lowest BCUT2D eigenvalue weighted by Gasteiger charge is -2.27. The first-order valence-electron chi connectivity index (χ1n) is 9.10. The highest BCUT2D eigenvalue weighted by Gasteiger charge is 2.43. The van der Waals surface area contributed by atoms with Crippen molar-refractivity contribution in [2.75, 3.05) is 0 Å². The third-order valence-electron chi connectivity index (χ3n) is 5.50. The van der Waals surface area contributed by atoms with Crippen LogP contribution in [0.15, 0.2) is 48.7 Å². The number of nitrogens with one attached hydrogen (secondary N) is 1. The van der Waals surface area contributed by atoms with Crippen molar-refractivity contribution in [3.8, 4) is 0 Å². The molecule has 1 heterocycles. The number of fused-ring (bicyclic) bond motifs is 1. The van der Waals surface area contributed by atoms with Gasteiger partial charge in [0.15, 0.2) is 0 Å². The standard InChI is InChI=1S/C22H20FN3O2/c1-13-12-24-20-10-15(6-7-19(20)25-13)16-8-9-22(11-16,21(27)26-28)17-4-3-5-18(23)14(17)2/h3-7,10-12,28H,8-9H2,1-2H3,(H,26,27)/t22-/m0/s1. The van der Waals surface area contributed by atoms with Crippen molar-refractivity contribution >= 4 is 22.5 Å². The van der Waals surface area contributed by atoms with E-state index in [9.17, 15) is 14.4 Å². The number of carbonyl (C=O) groups is 1. The maximum absolute atomic E-state index is 14.2. The Labute approximate surface area is 161 Å². The largest absolute Gasteiger partial charge is 0.289 e. The molecule has 4 rings (SSSR count). The Morgan fingerprint density at radius 1 is 1.21 bits per heavy atom. The highest BCUT2D eigenvalue weighted by atomic mass is 19.1. The third kappa shape index (κ3) is 2.86. The zero-order chi connectivity index (χ0) is 19.9. The summed E-state index contributed by atoms with van der Waals surface area (Å²) in [5.41, 5.74) is 5.94. The minimum Gasteiger partial charge on any atom is -0.289 e. The van der Waals surface area contributed by atoms with E-state index in [0.717, 1.165) is 27.9 Å². The van der Waals surface area contributed by atoms with E-state index < -0.39 is 11.3 Å². The number of halogens is 1. The van der Waals surface area contributed by atoms with Crippen LogP contribution in [0.5, 0.6) is 0 Å². The second-order valence-electron chi connectivity index (χ2n) is 7.21. The normalized spacial score (nSPS) is 18.9. The monoisotopic (exact) mass is 377 g/mol. The molecular formula is C22H20FN3O2. The highest BCUT2D eigenvalue weighted by Crippen LogP contribution is 2.44. The van der Waals surface area contributed by atoms with Crippen LogP contribution < -0.4 is 5.48 Å². The Hall–Kier alpha value is -3.12. The number of carbonyl (C=O) groups excluding carboxylic acids is 1. The Bertz CT molecular complexity index is 1130. The quantitative estimate of drug-likeness (QED) is 0.534. The summed E-state index contributed by atoms with van der Waals surface area (Å²) < 4.78 is 14.2. The minimum absolute atomic E-state index is 0.374. The Balaban J connectivity index is 1.84. The average Bonchev–Trinajstić information content (AvgIpc) is 3.15. The first kappa shape index (κ1) is 18.3. The van der Waals surface area contributed by atoms with E-state index in [1.54, 1.807) is 30.7 Å². The van der Waals surface area contributed by atoms with Crippen LogP contribution in [0.1, 0.15) is 35.2 Å². The molecule has 0 saturated carbocycles. The summed E-state index contributed by atoms with van der Waals surface area (Å²) in [7, 11) is 0. The molecule has 1 aromatic heterocycles. The van der Waals surface area contributed by atoms with Gasteiger partial charge in [-0.05, 0) is 67.2 Å². The van der Waals surface area contributed by atoms with Crippen LogP contribution in [0.25, 0.3) is 16.6 Å². The summed E-state index contributed by atoms with van der Waals surface area (Å²) in [4.78, 5) is 21.6. The summed E-state index contributed by atoms with van der Waals surface area (Å²) in [6, 6.07) is 10.5. The van der Waals surface area contributed by atoms with Gasteiger partial charge >= 0.3 is 0 Å². The maximum Gasteiger partial charge on any atom is 0.257 e. The highest BCUT2D eigenvalue weighted by molar-refractivity contribution is 5.95. The topological polar surface area (TPSA) is 75.1 Å². The van der Waals surface area contributed by atoms with Gasteiger partial charge in [-0.15, -0.1) is 0 Å². The number of nitrogens with zero attached hydrogens (tertiary/aromatic N) is 2. The number of hydrogen-bond donors (Lipinski definition) is 2. The Kier molecular flexibility index (Phi) is 4.43. The van der Waals surface area contributed by atoms with Gasteiger partial charge in [0.05, 0.1) is 22.1 Å². The van der Waals surface area contributed by atoms with Gasteiger partial charge in [-0.25, -0.2) is 14.9 Å². The molecule has 0 saturated heterocycles. The average molecular weight is 377 g/mol. The van der Waals surface area contributed by atoms with Crippen LogP contribution in [-0.2, 0) is 10.2 Å². The molecule has 3 aromatic rings. The lowest BCUT2D eigenvalue weighted by atomic mass is 9.77. The van der Waals surface area contributed by atoms with E-state index in [1.807, 2.05) is 31.2 Å². The number of allylic oxidation sites excluding steroid dienone is 1. The number of aromatic nitrogens is 2. The van der Waals surface area contributed by atoms with Crippen molar-refractivity contribution in [2.45, 2.75) is 32.1 Å². The van der Waals surface area contributed by atoms with Crippen LogP contribution in [0.3, 0.4) is 0 Å². The molecule has 0 bridgehead atoms. The van der Waals surface area contributed by atoms with Crippen LogP contribution >= 0.6 is 0 Å². The molecule has 0 fully saturated rings. The van der Waals surface area contributed by atoms with Crippen LogP contribution in [0.4, 0.5) is 4.39 Å². The molecule has 1 aliphatic carbocycles. The van der Waals surface area contributed by atoms with Crippen molar-refractivity contribution in [3.05, 3.63) is 76.9 Å². The van der Waals surface area contributed by atoms with Gasteiger partial charge in [0.1, 0.15) is 5.82 Å². The molecule has 1 aliphatic rings. The van der Waals surface area contributed by atoms with Gasteiger partial charge in [0.2, 0.25) is 0 Å². The summed E-state index contributed by atoms with van der Waals surface area (Å²) >= 11 is 0. The number of amides is 1. The van der Waals surface area contributed by atoms with E-state index in [0.29, 0.717) is 24.0 Å². The Morgan fingerprint density at radius 2 is 2.04 bits per heavy atom. The SMILES string of the molecule is Cc1cnc2cc(C3=C[C@](C(=O)NO)(c4cccc(F)c4C)CC3)ccc2n1. The summed E-state index contributed by atoms with van der Waals surface area (Å²) in [5, 5.41) is 9.37. The molecule has 1 atom stereocenters. The van der Waals surface area contributed by atoms with Crippen molar-refractivity contribution in [1.82, 2.24) is 15.4 Å². The van der Waals surface area contributed by atoms with Crippen molar-refractivity contribution in [1.29, 1.82) is 0 Å². The third-order valence-corrected chi connectivity index (χ3v) is 5.50. The van der Waals surface area contributed by atoms with Crippen molar-refractivity contribution < 1.29 is 14.4 Å². The van der Waals surface area contributed by atoms with Gasteiger partial charge in [0.25, 0.3) is 5.91 Å². The fraction of sp³-hybridized carbons (Fsp3) is 0.227. The number of rotatable bonds is 3. The molecule has 1 amide bonds. The fourth-order valence-corrected chi connectivity index (χ4v) is 4.01. The van der Waals surface area contributed by atoms with Gasteiger partial charge in [0, 0.05) is 6.20 Å². The number of hydroxylamine groups is 1. The molecule has 142 valence electrons. The van der Waals surface area contributed by atoms with Crippen molar-refractivity contribution in [3.63, 3.8) is 0 Å². The molecule has 2 N–H and O–H groups in total. The molecule has 6 heteroatoms. The molecule has 0 spiro atoms. The van der Waals surface area contributed by atoms with E-state index in [1.165, 1.54) is 6.07 Å². The minimum atomic E-state index is -1.12. The van der Waals surface area contributed by atoms with Gasteiger partial charge < -0.3 is 0 Å². The second kappa shape index (κ2) is 6.80. The smallest absolute Gasteiger partial charge is 0.257 e. The van der Waals surface area contributed by atoms with E-state index in [2.05, 4.69) is 9.97 Å². The molecular weight excluding hydrogens is 357 g/mol. The molecule has 0 unspecified atom stereocenters. The first-order chi connectivity index (χ1) is 13.4. The molecule has 2 aromatic carbocycles. The first-order valence-corrected chi connectivity index (χ1v) is 9.10. The molecule has 28 heavy (non-hydrogen) atoms. The lowest BCUT2D eigenvalue weighted by Crippen LogP contribution is -2.41. The number of hydrogen-bond acceptors (Lipinski definition) is 4. The molecule has 5 nitrogen and oxygen atoms in total. The maximum atomic E-state index is 14.2. The Morgan fingerprint density at radius 3 is 2.82 bits per heavy atom. The second-order valence-corrected chi connectivity index (χ2v) is 7.21. The van der Waals surface area contributed by atoms with Crippen LogP contribution in [0, 0.1) is 19.7 Å². The zero-order valence-corrected chi connectivity index (χ0v) is 15.7.